The molecule has 0 atom stereocenters. The fourth-order valence-electron chi connectivity index (χ4n) is 2.63. The van der Waals surface area contributed by atoms with Crippen LogP contribution in [0.1, 0.15) is 33.7 Å². The van der Waals surface area contributed by atoms with E-state index in [-0.39, 0.29) is 17.6 Å². The molecule has 0 bridgehead atoms. The number of pyridine rings is 1. The molecule has 1 aliphatic heterocycles. The minimum atomic E-state index is -1.02. The van der Waals surface area contributed by atoms with Gasteiger partial charge in [-0.15, -0.1) is 0 Å². The van der Waals surface area contributed by atoms with Gasteiger partial charge in [0.2, 0.25) is 0 Å². The summed E-state index contributed by atoms with van der Waals surface area (Å²) in [6.45, 7) is 1.48. The lowest BCUT2D eigenvalue weighted by Crippen LogP contribution is -2.45. The zero-order valence-corrected chi connectivity index (χ0v) is 13.3. The molecule has 2 N–H and O–H groups in total. The molecule has 7 heteroatoms. The van der Waals surface area contributed by atoms with Crippen molar-refractivity contribution >= 4 is 29.0 Å². The number of rotatable bonds is 4. The zero-order valence-electron chi connectivity index (χ0n) is 12.4. The summed E-state index contributed by atoms with van der Waals surface area (Å²) < 4.78 is 0. The Balaban J connectivity index is 1.57. The molecule has 0 radical (unpaired) electrons. The van der Waals surface area contributed by atoms with Gasteiger partial charge in [0.25, 0.3) is 5.91 Å². The summed E-state index contributed by atoms with van der Waals surface area (Å²) >= 11 is 1.51. The molecule has 0 aliphatic carbocycles. The first-order valence-corrected chi connectivity index (χ1v) is 8.36. The first kappa shape index (κ1) is 15.5. The quantitative estimate of drug-likeness (QED) is 0.898. The maximum absolute atomic E-state index is 12.0. The van der Waals surface area contributed by atoms with Crippen molar-refractivity contribution in [3.63, 3.8) is 0 Å². The normalized spacial score (nSPS) is 15.4. The summed E-state index contributed by atoms with van der Waals surface area (Å²) in [5.74, 6) is -0.382. The monoisotopic (exact) mass is 331 g/mol. The third-order valence-corrected chi connectivity index (χ3v) is 4.57. The standard InChI is InChI=1S/C16H17N3O3S/c20-15(11-6-9-23-10-11)17-12-4-7-19(8-5-12)14-3-1-2-13(18-14)16(21)22/h1-3,6,9-10,12H,4-5,7-8H2,(H,17,20)(H,21,22). The number of hydrogen-bond acceptors (Lipinski definition) is 5. The summed E-state index contributed by atoms with van der Waals surface area (Å²) in [7, 11) is 0. The molecule has 3 rings (SSSR count). The number of carbonyl (C=O) groups excluding carboxylic acids is 1. The number of carboxylic acid groups (broad SMARTS) is 1. The van der Waals surface area contributed by atoms with Crippen molar-refractivity contribution in [2.75, 3.05) is 18.0 Å². The molecule has 1 saturated heterocycles. The number of carboxylic acids is 1. The van der Waals surface area contributed by atoms with Crippen LogP contribution in [0.4, 0.5) is 5.82 Å². The first-order chi connectivity index (χ1) is 11.1. The predicted molar refractivity (Wildman–Crippen MR) is 88.2 cm³/mol. The maximum atomic E-state index is 12.0. The molecule has 0 unspecified atom stereocenters. The predicted octanol–water partition coefficient (Wildman–Crippen LogP) is 2.24. The van der Waals surface area contributed by atoms with Gasteiger partial charge in [0, 0.05) is 30.1 Å². The van der Waals surface area contributed by atoms with Gasteiger partial charge in [0.1, 0.15) is 5.82 Å². The smallest absolute Gasteiger partial charge is 0.354 e. The molecule has 3 heterocycles. The first-order valence-electron chi connectivity index (χ1n) is 7.42. The van der Waals surface area contributed by atoms with E-state index in [9.17, 15) is 9.59 Å². The number of aromatic carboxylic acids is 1. The summed E-state index contributed by atoms with van der Waals surface area (Å²) in [4.78, 5) is 29.3. The van der Waals surface area contributed by atoms with Crippen LogP contribution in [0.5, 0.6) is 0 Å². The third kappa shape index (κ3) is 3.68. The van der Waals surface area contributed by atoms with E-state index in [0.29, 0.717) is 11.4 Å². The van der Waals surface area contributed by atoms with Gasteiger partial charge in [-0.1, -0.05) is 6.07 Å². The molecule has 0 saturated carbocycles. The fraction of sp³-hybridized carbons (Fsp3) is 0.312. The minimum Gasteiger partial charge on any atom is -0.477 e. The lowest BCUT2D eigenvalue weighted by molar-refractivity contribution is 0.0690. The number of hydrogen-bond donors (Lipinski definition) is 2. The van der Waals surface area contributed by atoms with Gasteiger partial charge in [-0.05, 0) is 36.4 Å². The van der Waals surface area contributed by atoms with Crippen molar-refractivity contribution in [1.82, 2.24) is 10.3 Å². The van der Waals surface area contributed by atoms with Gasteiger partial charge < -0.3 is 15.3 Å². The lowest BCUT2D eigenvalue weighted by Gasteiger charge is -2.33. The van der Waals surface area contributed by atoms with Crippen LogP contribution in [0.15, 0.2) is 35.0 Å². The minimum absolute atomic E-state index is 0.0318. The van der Waals surface area contributed by atoms with E-state index in [2.05, 4.69) is 15.2 Å². The average Bonchev–Trinajstić information content (AvgIpc) is 3.10. The Hall–Kier alpha value is -2.41. The van der Waals surface area contributed by atoms with Crippen LogP contribution < -0.4 is 10.2 Å². The average molecular weight is 331 g/mol. The number of anilines is 1. The van der Waals surface area contributed by atoms with Crippen LogP contribution >= 0.6 is 11.3 Å². The van der Waals surface area contributed by atoms with E-state index in [1.807, 2.05) is 22.9 Å². The van der Waals surface area contributed by atoms with Crippen molar-refractivity contribution < 1.29 is 14.7 Å². The second-order valence-electron chi connectivity index (χ2n) is 5.43. The number of thiophene rings is 1. The van der Waals surface area contributed by atoms with Gasteiger partial charge in [0.05, 0.1) is 0 Å². The number of carbonyl (C=O) groups is 2. The molecule has 23 heavy (non-hydrogen) atoms. The Labute approximate surface area is 137 Å². The molecule has 0 aromatic carbocycles. The maximum Gasteiger partial charge on any atom is 0.354 e. The van der Waals surface area contributed by atoms with Crippen LogP contribution in [-0.4, -0.2) is 41.1 Å². The van der Waals surface area contributed by atoms with Crippen LogP contribution in [0.25, 0.3) is 0 Å². The van der Waals surface area contributed by atoms with E-state index < -0.39 is 5.97 Å². The highest BCUT2D eigenvalue weighted by Gasteiger charge is 2.22. The van der Waals surface area contributed by atoms with Crippen molar-refractivity contribution in [1.29, 1.82) is 0 Å². The number of nitrogens with zero attached hydrogens (tertiary/aromatic N) is 2. The molecule has 0 spiro atoms. The Morgan fingerprint density at radius 1 is 1.26 bits per heavy atom. The second kappa shape index (κ2) is 6.78. The van der Waals surface area contributed by atoms with E-state index >= 15 is 0 Å². The van der Waals surface area contributed by atoms with Gasteiger partial charge in [-0.3, -0.25) is 4.79 Å². The third-order valence-electron chi connectivity index (χ3n) is 3.89. The molecule has 2 aromatic rings. The molecule has 2 aromatic heterocycles. The molecule has 120 valence electrons. The lowest BCUT2D eigenvalue weighted by atomic mass is 10.0. The van der Waals surface area contributed by atoms with Gasteiger partial charge >= 0.3 is 5.97 Å². The second-order valence-corrected chi connectivity index (χ2v) is 6.21. The highest BCUT2D eigenvalue weighted by atomic mass is 32.1. The largest absolute Gasteiger partial charge is 0.477 e. The van der Waals surface area contributed by atoms with Gasteiger partial charge in [0.15, 0.2) is 5.69 Å². The highest BCUT2D eigenvalue weighted by Crippen LogP contribution is 2.19. The van der Waals surface area contributed by atoms with E-state index in [0.717, 1.165) is 25.9 Å². The Morgan fingerprint density at radius 3 is 2.70 bits per heavy atom. The fourth-order valence-corrected chi connectivity index (χ4v) is 3.27. The van der Waals surface area contributed by atoms with Crippen molar-refractivity contribution in [3.8, 4) is 0 Å². The van der Waals surface area contributed by atoms with Crippen LogP contribution in [-0.2, 0) is 0 Å². The molecule has 1 amide bonds. The van der Waals surface area contributed by atoms with Crippen molar-refractivity contribution in [2.45, 2.75) is 18.9 Å². The molecule has 6 nitrogen and oxygen atoms in total. The number of nitrogens with one attached hydrogen (secondary N) is 1. The van der Waals surface area contributed by atoms with Gasteiger partial charge in [-0.25, -0.2) is 9.78 Å². The number of aromatic nitrogens is 1. The molecule has 1 fully saturated rings. The van der Waals surface area contributed by atoms with Crippen LogP contribution in [0, 0.1) is 0 Å². The Kier molecular flexibility index (Phi) is 4.57. The summed E-state index contributed by atoms with van der Waals surface area (Å²) in [6.07, 6.45) is 1.63. The van der Waals surface area contributed by atoms with E-state index in [4.69, 9.17) is 5.11 Å². The van der Waals surface area contributed by atoms with E-state index in [1.54, 1.807) is 6.07 Å². The topological polar surface area (TPSA) is 82.5 Å². The van der Waals surface area contributed by atoms with Crippen LogP contribution in [0.2, 0.25) is 0 Å². The number of piperidine rings is 1. The Bertz CT molecular complexity index is 694. The van der Waals surface area contributed by atoms with Crippen LogP contribution in [0.3, 0.4) is 0 Å². The molecular formula is C16H17N3O3S. The molecule has 1 aliphatic rings. The highest BCUT2D eigenvalue weighted by molar-refractivity contribution is 7.08. The Morgan fingerprint density at radius 2 is 2.04 bits per heavy atom. The summed E-state index contributed by atoms with van der Waals surface area (Å²) in [6, 6.07) is 6.96. The summed E-state index contributed by atoms with van der Waals surface area (Å²) in [5.41, 5.74) is 0.753. The van der Waals surface area contributed by atoms with Crippen molar-refractivity contribution in [3.05, 3.63) is 46.3 Å². The number of amides is 1. The van der Waals surface area contributed by atoms with E-state index in [1.165, 1.54) is 17.4 Å². The van der Waals surface area contributed by atoms with Gasteiger partial charge in [-0.2, -0.15) is 11.3 Å². The zero-order chi connectivity index (χ0) is 16.2. The summed E-state index contributed by atoms with van der Waals surface area (Å²) in [5, 5.41) is 15.8. The van der Waals surface area contributed by atoms with Crippen molar-refractivity contribution in [2.24, 2.45) is 0 Å². The molecular weight excluding hydrogens is 314 g/mol. The SMILES string of the molecule is O=C(NC1CCN(c2cccc(C(=O)O)n2)CC1)c1ccsc1.